The van der Waals surface area contributed by atoms with E-state index < -0.39 is 29.0 Å². The summed E-state index contributed by atoms with van der Waals surface area (Å²) in [6, 6.07) is 1.74. The van der Waals surface area contributed by atoms with Crippen molar-refractivity contribution in [2.24, 2.45) is 4.99 Å². The molecule has 1 aliphatic carbocycles. The molecular weight excluding hydrogens is 382 g/mol. The number of carbonyl (C=O) groups excluding carboxylic acids is 1. The van der Waals surface area contributed by atoms with Crippen LogP contribution in [-0.4, -0.2) is 15.7 Å². The highest BCUT2D eigenvalue weighted by atomic mass is 32.1. The highest BCUT2D eigenvalue weighted by molar-refractivity contribution is 7.09. The van der Waals surface area contributed by atoms with E-state index in [1.165, 1.54) is 11.3 Å². The zero-order chi connectivity index (χ0) is 19.8. The molecule has 1 heterocycles. The molecule has 1 aromatic heterocycles. The molecule has 0 radical (unpaired) electrons. The molecule has 27 heavy (non-hydrogen) atoms. The molecule has 1 fully saturated rings. The molecule has 0 aliphatic heterocycles. The standard InChI is InChI=1S/C18H19F4N3OS/c1-3-4-9-25-16(27-15(24-25)17(2)7-8-17)23-14(26)12-10-11(18(20,21)22)5-6-13(12)19/h5-6,10H,3-4,7-9H2,1-2H3. The SMILES string of the molecule is CCCCn1nc(C2(C)CC2)sc1=NC(=O)c1cc(C(F)(F)F)ccc1F. The summed E-state index contributed by atoms with van der Waals surface area (Å²) in [4.78, 5) is 16.6. The van der Waals surface area contributed by atoms with Gasteiger partial charge < -0.3 is 0 Å². The first-order valence-electron chi connectivity index (χ1n) is 8.68. The molecule has 146 valence electrons. The van der Waals surface area contributed by atoms with Crippen LogP contribution < -0.4 is 4.80 Å². The summed E-state index contributed by atoms with van der Waals surface area (Å²) in [5.74, 6) is -2.07. The average molecular weight is 401 g/mol. The van der Waals surface area contributed by atoms with E-state index >= 15 is 0 Å². The van der Waals surface area contributed by atoms with Gasteiger partial charge in [-0.15, -0.1) is 0 Å². The van der Waals surface area contributed by atoms with Crippen molar-refractivity contribution in [3.8, 4) is 0 Å². The number of carbonyl (C=O) groups is 1. The lowest BCUT2D eigenvalue weighted by Gasteiger charge is -2.07. The molecule has 1 aliphatic rings. The third kappa shape index (κ3) is 4.28. The fourth-order valence-corrected chi connectivity index (χ4v) is 3.63. The molecule has 4 nitrogen and oxygen atoms in total. The van der Waals surface area contributed by atoms with Gasteiger partial charge in [0.1, 0.15) is 10.8 Å². The van der Waals surface area contributed by atoms with Gasteiger partial charge in [-0.05, 0) is 37.5 Å². The third-order valence-electron chi connectivity index (χ3n) is 4.58. The maximum Gasteiger partial charge on any atom is 0.416 e. The van der Waals surface area contributed by atoms with E-state index in [4.69, 9.17) is 0 Å². The van der Waals surface area contributed by atoms with Gasteiger partial charge in [0.25, 0.3) is 5.91 Å². The van der Waals surface area contributed by atoms with E-state index in [2.05, 4.69) is 17.0 Å². The van der Waals surface area contributed by atoms with Crippen LogP contribution in [0.1, 0.15) is 60.5 Å². The Balaban J connectivity index is 2.01. The summed E-state index contributed by atoms with van der Waals surface area (Å²) >= 11 is 1.24. The van der Waals surface area contributed by atoms with Crippen LogP contribution in [0.25, 0.3) is 0 Å². The molecule has 0 spiro atoms. The van der Waals surface area contributed by atoms with Gasteiger partial charge in [-0.3, -0.25) is 4.79 Å². The predicted octanol–water partition coefficient (Wildman–Crippen LogP) is 4.70. The fourth-order valence-electron chi connectivity index (χ4n) is 2.50. The van der Waals surface area contributed by atoms with Crippen LogP contribution in [0.3, 0.4) is 0 Å². The number of hydrogen-bond donors (Lipinski definition) is 0. The Hall–Kier alpha value is -2.03. The van der Waals surface area contributed by atoms with Crippen molar-refractivity contribution in [1.82, 2.24) is 9.78 Å². The van der Waals surface area contributed by atoms with Gasteiger partial charge >= 0.3 is 6.18 Å². The number of rotatable bonds is 5. The summed E-state index contributed by atoms with van der Waals surface area (Å²) in [7, 11) is 0. The van der Waals surface area contributed by atoms with Crippen molar-refractivity contribution < 1.29 is 22.4 Å². The molecule has 9 heteroatoms. The van der Waals surface area contributed by atoms with Gasteiger partial charge in [-0.2, -0.15) is 23.3 Å². The molecule has 3 rings (SSSR count). The lowest BCUT2D eigenvalue weighted by atomic mass is 10.1. The van der Waals surface area contributed by atoms with Crippen molar-refractivity contribution in [2.75, 3.05) is 0 Å². The summed E-state index contributed by atoms with van der Waals surface area (Å²) in [6.45, 7) is 4.62. The summed E-state index contributed by atoms with van der Waals surface area (Å²) in [6.07, 6.45) is -0.957. The number of benzene rings is 1. The van der Waals surface area contributed by atoms with Crippen LogP contribution in [0.15, 0.2) is 23.2 Å². The first-order chi connectivity index (χ1) is 12.6. The number of alkyl halides is 3. The fraction of sp³-hybridized carbons (Fsp3) is 0.500. The molecule has 0 N–H and O–H groups in total. The normalized spacial score (nSPS) is 16.6. The van der Waals surface area contributed by atoms with Gasteiger partial charge in [-0.1, -0.05) is 31.6 Å². The lowest BCUT2D eigenvalue weighted by molar-refractivity contribution is -0.137. The van der Waals surface area contributed by atoms with Gasteiger partial charge in [0, 0.05) is 12.0 Å². The Kier molecular flexibility index (Phi) is 5.24. The van der Waals surface area contributed by atoms with Gasteiger partial charge in [0.15, 0.2) is 0 Å². The van der Waals surface area contributed by atoms with Crippen LogP contribution in [0.4, 0.5) is 17.6 Å². The Morgan fingerprint density at radius 3 is 2.67 bits per heavy atom. The van der Waals surface area contributed by atoms with Crippen molar-refractivity contribution in [1.29, 1.82) is 0 Å². The number of aromatic nitrogens is 2. The minimum atomic E-state index is -4.66. The smallest absolute Gasteiger partial charge is 0.267 e. The van der Waals surface area contributed by atoms with Crippen LogP contribution in [-0.2, 0) is 18.1 Å². The second kappa shape index (κ2) is 7.18. The first kappa shape index (κ1) is 19.7. The van der Waals surface area contributed by atoms with E-state index in [9.17, 15) is 22.4 Å². The highest BCUT2D eigenvalue weighted by Gasteiger charge is 2.42. The van der Waals surface area contributed by atoms with Crippen LogP contribution in [0, 0.1) is 5.82 Å². The Morgan fingerprint density at radius 2 is 2.07 bits per heavy atom. The third-order valence-corrected chi connectivity index (χ3v) is 5.83. The van der Waals surface area contributed by atoms with Crippen molar-refractivity contribution >= 4 is 17.2 Å². The predicted molar refractivity (Wildman–Crippen MR) is 92.9 cm³/mol. The van der Waals surface area contributed by atoms with Gasteiger partial charge in [0.2, 0.25) is 4.80 Å². The summed E-state index contributed by atoms with van der Waals surface area (Å²) < 4.78 is 54.1. The molecule has 2 aromatic rings. The number of unbranched alkanes of at least 4 members (excludes halogenated alkanes) is 1. The molecule has 1 saturated carbocycles. The summed E-state index contributed by atoms with van der Waals surface area (Å²) in [5.41, 5.74) is -1.81. The zero-order valence-corrected chi connectivity index (χ0v) is 15.8. The number of nitrogens with zero attached hydrogens (tertiary/aromatic N) is 3. The Labute approximate surface area is 157 Å². The highest BCUT2D eigenvalue weighted by Crippen LogP contribution is 2.47. The van der Waals surface area contributed by atoms with Crippen molar-refractivity contribution in [3.63, 3.8) is 0 Å². The van der Waals surface area contributed by atoms with Crippen LogP contribution in [0.2, 0.25) is 0 Å². The molecule has 0 atom stereocenters. The van der Waals surface area contributed by atoms with Gasteiger partial charge in [0.05, 0.1) is 11.1 Å². The molecule has 0 saturated heterocycles. The number of aryl methyl sites for hydroxylation is 1. The van der Waals surface area contributed by atoms with Gasteiger partial charge in [-0.25, -0.2) is 9.07 Å². The largest absolute Gasteiger partial charge is 0.416 e. The lowest BCUT2D eigenvalue weighted by Crippen LogP contribution is -2.19. The van der Waals surface area contributed by atoms with E-state index in [0.29, 0.717) is 24.7 Å². The Bertz CT molecular complexity index is 925. The Morgan fingerprint density at radius 1 is 1.37 bits per heavy atom. The van der Waals surface area contributed by atoms with E-state index in [-0.39, 0.29) is 10.2 Å². The topological polar surface area (TPSA) is 47.2 Å². The average Bonchev–Trinajstić information content (AvgIpc) is 3.21. The molecule has 1 amide bonds. The number of halogens is 4. The van der Waals surface area contributed by atoms with Crippen LogP contribution >= 0.6 is 11.3 Å². The zero-order valence-electron chi connectivity index (χ0n) is 14.9. The van der Waals surface area contributed by atoms with Crippen LogP contribution in [0.5, 0.6) is 0 Å². The molecule has 0 bridgehead atoms. The van der Waals surface area contributed by atoms with E-state index in [1.54, 1.807) is 4.68 Å². The van der Waals surface area contributed by atoms with E-state index in [0.717, 1.165) is 30.7 Å². The monoisotopic (exact) mass is 401 g/mol. The van der Waals surface area contributed by atoms with Crippen molar-refractivity contribution in [3.05, 3.63) is 45.0 Å². The quantitative estimate of drug-likeness (QED) is 0.682. The minimum absolute atomic E-state index is 0.0309. The minimum Gasteiger partial charge on any atom is -0.267 e. The maximum absolute atomic E-state index is 14.0. The second-order valence-corrected chi connectivity index (χ2v) is 7.89. The molecule has 0 unspecified atom stereocenters. The maximum atomic E-state index is 14.0. The summed E-state index contributed by atoms with van der Waals surface area (Å²) in [5, 5.41) is 5.37. The first-order valence-corrected chi connectivity index (χ1v) is 9.50. The number of amides is 1. The number of hydrogen-bond acceptors (Lipinski definition) is 3. The molecule has 1 aromatic carbocycles. The van der Waals surface area contributed by atoms with E-state index in [1.807, 2.05) is 6.92 Å². The molecular formula is C18H19F4N3OS. The van der Waals surface area contributed by atoms with Crippen molar-refractivity contribution in [2.45, 2.75) is 57.7 Å². The second-order valence-electron chi connectivity index (χ2n) is 6.94.